The molecule has 124 valence electrons. The molecule has 0 aliphatic heterocycles. The molecule has 1 N–H and O–H groups in total. The van der Waals surface area contributed by atoms with Crippen molar-refractivity contribution < 1.29 is 9.90 Å². The fourth-order valence-electron chi connectivity index (χ4n) is 2.17. The number of carboxylic acid groups (broad SMARTS) is 1. The summed E-state index contributed by atoms with van der Waals surface area (Å²) in [6, 6.07) is 0. The van der Waals surface area contributed by atoms with Crippen molar-refractivity contribution >= 4 is 49.5 Å². The molecule has 0 fully saturated rings. The summed E-state index contributed by atoms with van der Waals surface area (Å²) in [4.78, 5) is 10.3. The van der Waals surface area contributed by atoms with Crippen LogP contribution < -0.4 is 0 Å². The summed E-state index contributed by atoms with van der Waals surface area (Å²) >= 11 is 2.57. The van der Waals surface area contributed by atoms with Gasteiger partial charge in [-0.15, -0.1) is 0 Å². The molecule has 0 rings (SSSR count). The number of halogens is 1. The predicted octanol–water partition coefficient (Wildman–Crippen LogP) is 6.24. The zero-order valence-corrected chi connectivity index (χ0v) is 17.7. The normalized spacial score (nSPS) is 11.3. The molecular weight excluding hydrogens is 491 g/mol. The molecule has 0 saturated carbocycles. The second kappa shape index (κ2) is 18.8. The first-order valence-corrected chi connectivity index (χ1v) is 12.9. The Morgan fingerprint density at radius 3 is 1.95 bits per heavy atom. The maximum atomic E-state index is 10.3. The van der Waals surface area contributed by atoms with Crippen LogP contribution in [0, 0.1) is 0 Å². The molecule has 0 aliphatic rings. The Morgan fingerprint density at radius 1 is 0.857 bits per heavy atom. The van der Waals surface area contributed by atoms with Crippen molar-refractivity contribution in [2.45, 2.75) is 86.0 Å². The van der Waals surface area contributed by atoms with Gasteiger partial charge in [0, 0.05) is 0 Å². The van der Waals surface area contributed by atoms with E-state index in [4.69, 9.17) is 5.11 Å². The first kappa shape index (κ1) is 21.7. The van der Waals surface area contributed by atoms with E-state index in [1.165, 1.54) is 66.7 Å². The van der Waals surface area contributed by atoms with Crippen molar-refractivity contribution in [1.82, 2.24) is 0 Å². The summed E-state index contributed by atoms with van der Waals surface area (Å²) < 4.78 is 5.14. The van der Waals surface area contributed by atoms with Gasteiger partial charge in [-0.05, 0) is 0 Å². The van der Waals surface area contributed by atoms with Crippen LogP contribution >= 0.6 is 22.6 Å². The SMILES string of the molecule is O=C(O)CCCCCCC[Te]CCCCCCC/C=C/I. The van der Waals surface area contributed by atoms with E-state index in [1.54, 1.807) is 0 Å². The predicted molar refractivity (Wildman–Crippen MR) is 102 cm³/mol. The van der Waals surface area contributed by atoms with Crippen LogP contribution in [0.5, 0.6) is 0 Å². The summed E-state index contributed by atoms with van der Waals surface area (Å²) in [6.07, 6.45) is 16.8. The molecule has 0 amide bonds. The van der Waals surface area contributed by atoms with Gasteiger partial charge in [0.25, 0.3) is 0 Å². The first-order chi connectivity index (χ1) is 10.3. The molecule has 0 aromatic carbocycles. The molecule has 2 nitrogen and oxygen atoms in total. The van der Waals surface area contributed by atoms with Crippen molar-refractivity contribution in [3.8, 4) is 0 Å². The average Bonchev–Trinajstić information content (AvgIpc) is 2.46. The van der Waals surface area contributed by atoms with Crippen LogP contribution in [-0.4, -0.2) is 32.0 Å². The minimum absolute atomic E-state index is 0.280. The van der Waals surface area contributed by atoms with Gasteiger partial charge in [-0.1, -0.05) is 0 Å². The number of allylic oxidation sites excluding steroid dienone is 1. The van der Waals surface area contributed by atoms with Crippen molar-refractivity contribution in [3.63, 3.8) is 0 Å². The van der Waals surface area contributed by atoms with E-state index in [0.717, 1.165) is 12.8 Å². The van der Waals surface area contributed by atoms with Crippen molar-refractivity contribution in [3.05, 3.63) is 10.2 Å². The Hall–Kier alpha value is 0.730. The summed E-state index contributed by atoms with van der Waals surface area (Å²) in [5.41, 5.74) is 0. The van der Waals surface area contributed by atoms with E-state index in [2.05, 4.69) is 32.7 Å². The second-order valence-electron chi connectivity index (χ2n) is 5.44. The molecule has 0 bridgehead atoms. The van der Waals surface area contributed by atoms with Gasteiger partial charge in [0.15, 0.2) is 0 Å². The number of aliphatic carboxylic acids is 1. The number of carbonyl (C=O) groups is 1. The van der Waals surface area contributed by atoms with Gasteiger partial charge in [-0.25, -0.2) is 0 Å². The summed E-state index contributed by atoms with van der Waals surface area (Å²) in [7, 11) is 0. The third-order valence-electron chi connectivity index (χ3n) is 3.43. The van der Waals surface area contributed by atoms with Crippen LogP contribution in [0.15, 0.2) is 10.2 Å². The standard InChI is InChI=1S/C17H31IO2Te/c18-14-10-6-2-1-3-7-11-15-21-16-12-8-4-5-9-13-17(19)20/h10,14H,1-9,11-13,15-16H2,(H,19,20)/b14-10+. The second-order valence-corrected chi connectivity index (χ2v) is 9.66. The van der Waals surface area contributed by atoms with E-state index in [-0.39, 0.29) is 20.9 Å². The molecule has 0 atom stereocenters. The van der Waals surface area contributed by atoms with E-state index in [0.29, 0.717) is 6.42 Å². The number of hydrogen-bond donors (Lipinski definition) is 1. The number of rotatable bonds is 16. The van der Waals surface area contributed by atoms with Crippen LogP contribution in [0.25, 0.3) is 0 Å². The molecular formula is C17H31IO2Te. The Kier molecular flexibility index (Phi) is 19.4. The molecule has 0 aromatic heterocycles. The molecule has 0 saturated heterocycles. The van der Waals surface area contributed by atoms with E-state index in [9.17, 15) is 4.79 Å². The van der Waals surface area contributed by atoms with Crippen molar-refractivity contribution in [2.75, 3.05) is 0 Å². The molecule has 0 unspecified atom stereocenters. The van der Waals surface area contributed by atoms with Crippen LogP contribution in [-0.2, 0) is 4.79 Å². The monoisotopic (exact) mass is 524 g/mol. The molecule has 0 heterocycles. The van der Waals surface area contributed by atoms with Gasteiger partial charge in [-0.2, -0.15) is 0 Å². The van der Waals surface area contributed by atoms with Crippen LogP contribution in [0.4, 0.5) is 0 Å². The zero-order chi connectivity index (χ0) is 15.6. The summed E-state index contributed by atoms with van der Waals surface area (Å²) in [5, 5.41) is 8.53. The molecule has 4 heteroatoms. The van der Waals surface area contributed by atoms with E-state index >= 15 is 0 Å². The third-order valence-corrected chi connectivity index (χ3v) is 7.23. The van der Waals surface area contributed by atoms with Crippen LogP contribution in [0.1, 0.15) is 77.0 Å². The Labute approximate surface area is 154 Å². The fourth-order valence-corrected chi connectivity index (χ4v) is 5.44. The van der Waals surface area contributed by atoms with Gasteiger partial charge in [0.1, 0.15) is 0 Å². The number of hydrogen-bond acceptors (Lipinski definition) is 1. The average molecular weight is 522 g/mol. The van der Waals surface area contributed by atoms with Crippen LogP contribution in [0.3, 0.4) is 0 Å². The number of carboxylic acids is 1. The molecule has 0 radical (unpaired) electrons. The molecule has 21 heavy (non-hydrogen) atoms. The number of unbranched alkanes of at least 4 members (excludes halogenated alkanes) is 9. The topological polar surface area (TPSA) is 37.3 Å². The van der Waals surface area contributed by atoms with Gasteiger partial charge in [0.2, 0.25) is 0 Å². The molecule has 0 spiro atoms. The Morgan fingerprint density at radius 2 is 1.38 bits per heavy atom. The third kappa shape index (κ3) is 20.7. The quantitative estimate of drug-likeness (QED) is 0.148. The van der Waals surface area contributed by atoms with E-state index in [1.807, 2.05) is 0 Å². The summed E-state index contributed by atoms with van der Waals surface area (Å²) in [5.74, 6) is -0.650. The van der Waals surface area contributed by atoms with E-state index < -0.39 is 5.97 Å². The Balaban J connectivity index is 2.98. The fraction of sp³-hybridized carbons (Fsp3) is 0.824. The van der Waals surface area contributed by atoms with Gasteiger partial charge >= 0.3 is 156 Å². The zero-order valence-electron chi connectivity index (χ0n) is 13.2. The van der Waals surface area contributed by atoms with Gasteiger partial charge in [-0.3, -0.25) is 0 Å². The maximum absolute atomic E-state index is 10.3. The summed E-state index contributed by atoms with van der Waals surface area (Å²) in [6.45, 7) is 0. The molecule has 0 aliphatic carbocycles. The Bertz CT molecular complexity index is 257. The molecule has 0 aromatic rings. The minimum atomic E-state index is -0.650. The van der Waals surface area contributed by atoms with Crippen molar-refractivity contribution in [1.29, 1.82) is 0 Å². The van der Waals surface area contributed by atoms with Crippen molar-refractivity contribution in [2.24, 2.45) is 0 Å². The van der Waals surface area contributed by atoms with Gasteiger partial charge < -0.3 is 0 Å². The van der Waals surface area contributed by atoms with Crippen LogP contribution in [0.2, 0.25) is 8.94 Å². The first-order valence-electron chi connectivity index (χ1n) is 8.32. The van der Waals surface area contributed by atoms with Gasteiger partial charge in [0.05, 0.1) is 0 Å².